The fraction of sp³-hybridized carbons (Fsp3) is 1.00. The van der Waals surface area contributed by atoms with E-state index < -0.39 is 11.7 Å². The van der Waals surface area contributed by atoms with Crippen LogP contribution >= 0.6 is 15.9 Å². The van der Waals surface area contributed by atoms with Crippen molar-refractivity contribution in [1.29, 1.82) is 0 Å². The number of halogens is 1. The van der Waals surface area contributed by atoms with E-state index in [2.05, 4.69) is 15.9 Å². The van der Waals surface area contributed by atoms with Crippen molar-refractivity contribution >= 4 is 15.9 Å². The van der Waals surface area contributed by atoms with Crippen LogP contribution < -0.4 is 0 Å². The number of hydrogen-bond donors (Lipinski definition) is 2. The van der Waals surface area contributed by atoms with Crippen molar-refractivity contribution in [2.24, 2.45) is 0 Å². The third-order valence-electron chi connectivity index (χ3n) is 1.43. The first kappa shape index (κ1) is 10.4. The van der Waals surface area contributed by atoms with Crippen LogP contribution in [0, 0.1) is 0 Å². The summed E-state index contributed by atoms with van der Waals surface area (Å²) < 4.78 is 0. The Hall–Kier alpha value is 0.400. The lowest BCUT2D eigenvalue weighted by Crippen LogP contribution is -2.39. The number of aliphatic hydroxyl groups is 2. The molecule has 62 valence electrons. The number of alkyl halides is 1. The molecule has 0 aromatic rings. The SMILES string of the molecule is CCC(O)C(Br)C(C)(C)O. The van der Waals surface area contributed by atoms with Crippen LogP contribution in [0.3, 0.4) is 0 Å². The number of hydrogen-bond acceptors (Lipinski definition) is 2. The van der Waals surface area contributed by atoms with Gasteiger partial charge in [0.15, 0.2) is 0 Å². The van der Waals surface area contributed by atoms with Crippen LogP contribution in [0.4, 0.5) is 0 Å². The summed E-state index contributed by atoms with van der Waals surface area (Å²) in [5.74, 6) is 0. The van der Waals surface area contributed by atoms with Crippen LogP contribution in [0.15, 0.2) is 0 Å². The second-order valence-electron chi connectivity index (χ2n) is 3.03. The van der Waals surface area contributed by atoms with E-state index in [1.807, 2.05) is 6.92 Å². The fourth-order valence-corrected chi connectivity index (χ4v) is 1.05. The first-order valence-corrected chi connectivity index (χ1v) is 4.35. The van der Waals surface area contributed by atoms with Crippen LogP contribution in [-0.4, -0.2) is 26.7 Å². The van der Waals surface area contributed by atoms with E-state index in [4.69, 9.17) is 0 Å². The molecule has 0 spiro atoms. The van der Waals surface area contributed by atoms with Gasteiger partial charge in [-0.1, -0.05) is 22.9 Å². The zero-order chi connectivity index (χ0) is 8.36. The lowest BCUT2D eigenvalue weighted by Gasteiger charge is -2.27. The first-order valence-electron chi connectivity index (χ1n) is 3.44. The van der Waals surface area contributed by atoms with Crippen LogP contribution in [0.5, 0.6) is 0 Å². The van der Waals surface area contributed by atoms with E-state index in [1.165, 1.54) is 0 Å². The summed E-state index contributed by atoms with van der Waals surface area (Å²) in [4.78, 5) is -0.245. The zero-order valence-corrected chi connectivity index (χ0v) is 8.22. The van der Waals surface area contributed by atoms with E-state index in [0.717, 1.165) is 0 Å². The minimum Gasteiger partial charge on any atom is -0.392 e. The van der Waals surface area contributed by atoms with Gasteiger partial charge in [-0.25, -0.2) is 0 Å². The van der Waals surface area contributed by atoms with E-state index in [-0.39, 0.29) is 4.83 Å². The average Bonchev–Trinajstić information content (AvgIpc) is 1.83. The van der Waals surface area contributed by atoms with Gasteiger partial charge in [0.1, 0.15) is 0 Å². The van der Waals surface area contributed by atoms with Crippen molar-refractivity contribution in [3.05, 3.63) is 0 Å². The normalized spacial score (nSPS) is 18.6. The molecule has 0 saturated heterocycles. The predicted molar refractivity (Wildman–Crippen MR) is 45.3 cm³/mol. The Balaban J connectivity index is 3.94. The molecule has 0 saturated carbocycles. The van der Waals surface area contributed by atoms with Crippen LogP contribution in [0.25, 0.3) is 0 Å². The fourth-order valence-electron chi connectivity index (χ4n) is 0.678. The third-order valence-corrected chi connectivity index (χ3v) is 3.16. The summed E-state index contributed by atoms with van der Waals surface area (Å²) in [6.07, 6.45) is 0.180. The van der Waals surface area contributed by atoms with E-state index >= 15 is 0 Å². The lowest BCUT2D eigenvalue weighted by atomic mass is 10.00. The molecule has 0 aromatic carbocycles. The molecule has 0 aliphatic rings. The average molecular weight is 211 g/mol. The van der Waals surface area contributed by atoms with Gasteiger partial charge in [0.05, 0.1) is 16.5 Å². The van der Waals surface area contributed by atoms with Gasteiger partial charge in [0.25, 0.3) is 0 Å². The summed E-state index contributed by atoms with van der Waals surface area (Å²) in [7, 11) is 0. The largest absolute Gasteiger partial charge is 0.392 e. The highest BCUT2D eigenvalue weighted by Gasteiger charge is 2.29. The quantitative estimate of drug-likeness (QED) is 0.690. The molecule has 3 heteroatoms. The highest BCUT2D eigenvalue weighted by molar-refractivity contribution is 9.09. The number of aliphatic hydroxyl groups excluding tert-OH is 1. The topological polar surface area (TPSA) is 40.5 Å². The highest BCUT2D eigenvalue weighted by atomic mass is 79.9. The van der Waals surface area contributed by atoms with E-state index in [0.29, 0.717) is 6.42 Å². The summed E-state index contributed by atoms with van der Waals surface area (Å²) in [6, 6.07) is 0. The molecule has 2 N–H and O–H groups in total. The second-order valence-corrected chi connectivity index (χ2v) is 4.02. The van der Waals surface area contributed by atoms with Gasteiger partial charge < -0.3 is 10.2 Å². The van der Waals surface area contributed by atoms with Crippen molar-refractivity contribution in [2.45, 2.75) is 43.7 Å². The second kappa shape index (κ2) is 3.69. The summed E-state index contributed by atoms with van der Waals surface area (Å²) >= 11 is 3.22. The maximum Gasteiger partial charge on any atom is 0.0741 e. The zero-order valence-electron chi connectivity index (χ0n) is 6.63. The van der Waals surface area contributed by atoms with Gasteiger partial charge >= 0.3 is 0 Å². The molecule has 0 rings (SSSR count). The van der Waals surface area contributed by atoms with Crippen molar-refractivity contribution in [3.63, 3.8) is 0 Å². The lowest BCUT2D eigenvalue weighted by molar-refractivity contribution is 0.0284. The molecule has 0 radical (unpaired) electrons. The standard InChI is InChI=1S/C7H15BrO2/c1-4-5(9)6(8)7(2,3)10/h5-6,9-10H,4H2,1-3H3. The molecule has 0 bridgehead atoms. The smallest absolute Gasteiger partial charge is 0.0741 e. The highest BCUT2D eigenvalue weighted by Crippen LogP contribution is 2.21. The van der Waals surface area contributed by atoms with Gasteiger partial charge in [0, 0.05) is 0 Å². The molecule has 0 aliphatic carbocycles. The summed E-state index contributed by atoms with van der Waals surface area (Å²) in [5.41, 5.74) is -0.852. The Morgan fingerprint density at radius 1 is 1.50 bits per heavy atom. The van der Waals surface area contributed by atoms with E-state index in [9.17, 15) is 10.2 Å². The minimum absolute atomic E-state index is 0.245. The van der Waals surface area contributed by atoms with Crippen LogP contribution in [0.2, 0.25) is 0 Å². The third kappa shape index (κ3) is 2.99. The molecule has 0 fully saturated rings. The maximum atomic E-state index is 9.38. The summed E-state index contributed by atoms with van der Waals surface area (Å²) in [6.45, 7) is 5.22. The molecule has 2 unspecified atom stereocenters. The Labute approximate surface area is 70.4 Å². The van der Waals surface area contributed by atoms with Crippen molar-refractivity contribution in [3.8, 4) is 0 Å². The van der Waals surface area contributed by atoms with Crippen molar-refractivity contribution < 1.29 is 10.2 Å². The monoisotopic (exact) mass is 210 g/mol. The van der Waals surface area contributed by atoms with Gasteiger partial charge in [-0.15, -0.1) is 0 Å². The molecule has 10 heavy (non-hydrogen) atoms. The van der Waals surface area contributed by atoms with Crippen LogP contribution in [0.1, 0.15) is 27.2 Å². The van der Waals surface area contributed by atoms with Crippen molar-refractivity contribution in [2.75, 3.05) is 0 Å². The Morgan fingerprint density at radius 2 is 1.90 bits per heavy atom. The Bertz CT molecular complexity index is 98.3. The van der Waals surface area contributed by atoms with Crippen molar-refractivity contribution in [1.82, 2.24) is 0 Å². The molecular formula is C7H15BrO2. The minimum atomic E-state index is -0.852. The van der Waals surface area contributed by atoms with Crippen LogP contribution in [-0.2, 0) is 0 Å². The van der Waals surface area contributed by atoms with Gasteiger partial charge in [-0.3, -0.25) is 0 Å². The Morgan fingerprint density at radius 3 is 2.00 bits per heavy atom. The number of rotatable bonds is 3. The molecule has 0 heterocycles. The molecule has 0 amide bonds. The predicted octanol–water partition coefficient (Wildman–Crippen LogP) is 1.29. The Kier molecular flexibility index (Phi) is 3.84. The summed E-state index contributed by atoms with van der Waals surface area (Å²) in [5, 5.41) is 18.6. The molecule has 2 nitrogen and oxygen atoms in total. The molecular weight excluding hydrogens is 196 g/mol. The molecule has 2 atom stereocenters. The van der Waals surface area contributed by atoms with E-state index in [1.54, 1.807) is 13.8 Å². The first-order chi connectivity index (χ1) is 4.39. The maximum absolute atomic E-state index is 9.38. The molecule has 0 aromatic heterocycles. The van der Waals surface area contributed by atoms with Gasteiger partial charge in [-0.2, -0.15) is 0 Å². The van der Waals surface area contributed by atoms with Gasteiger partial charge in [-0.05, 0) is 20.3 Å². The van der Waals surface area contributed by atoms with Gasteiger partial charge in [0.2, 0.25) is 0 Å². The molecule has 0 aliphatic heterocycles.